The average Bonchev–Trinajstić information content (AvgIpc) is 3.16. The maximum atomic E-state index is 12.1. The topological polar surface area (TPSA) is 51.9 Å². The minimum atomic E-state index is -0.0658. The number of piperidine rings is 1. The third kappa shape index (κ3) is 3.54. The van der Waals surface area contributed by atoms with Crippen molar-refractivity contribution in [3.63, 3.8) is 0 Å². The third-order valence-corrected chi connectivity index (χ3v) is 4.04. The fourth-order valence-corrected chi connectivity index (χ4v) is 2.84. The van der Waals surface area contributed by atoms with Crippen molar-refractivity contribution in [1.29, 1.82) is 0 Å². The van der Waals surface area contributed by atoms with Crippen LogP contribution in [-0.2, 0) is 14.3 Å². The Morgan fingerprint density at radius 2 is 1.95 bits per heavy atom. The Kier molecular flexibility index (Phi) is 4.41. The Morgan fingerprint density at radius 3 is 2.57 bits per heavy atom. The molecule has 2 fully saturated rings. The number of ether oxygens (including phenoxy) is 2. The summed E-state index contributed by atoms with van der Waals surface area (Å²) in [5.41, 5.74) is 0. The lowest BCUT2D eigenvalue weighted by Gasteiger charge is -2.33. The average molecular weight is 291 g/mol. The lowest BCUT2D eigenvalue weighted by atomic mass is 9.96. The molecule has 0 N–H and O–H groups in total. The summed E-state index contributed by atoms with van der Waals surface area (Å²) in [4.78, 5) is 14.0. The molecule has 5 heteroatoms. The number of likely N-dealkylation sites (tertiary alicyclic amines) is 1. The molecule has 0 radical (unpaired) electrons. The summed E-state index contributed by atoms with van der Waals surface area (Å²) < 4.78 is 16.5. The van der Waals surface area contributed by atoms with Gasteiger partial charge in [-0.1, -0.05) is 0 Å². The zero-order valence-corrected chi connectivity index (χ0v) is 12.3. The quantitative estimate of drug-likeness (QED) is 0.801. The van der Waals surface area contributed by atoms with Crippen molar-refractivity contribution in [3.05, 3.63) is 29.7 Å². The molecule has 21 heavy (non-hydrogen) atoms. The number of nitrogens with zero attached hydrogens (tertiary/aromatic N) is 1. The van der Waals surface area contributed by atoms with Crippen molar-refractivity contribution in [3.8, 4) is 0 Å². The normalized spacial score (nSPS) is 21.5. The van der Waals surface area contributed by atoms with Gasteiger partial charge in [0, 0.05) is 25.1 Å². The minimum Gasteiger partial charge on any atom is -0.462 e. The van der Waals surface area contributed by atoms with E-state index in [1.54, 1.807) is 12.2 Å². The predicted octanol–water partition coefficient (Wildman–Crippen LogP) is 2.21. The van der Waals surface area contributed by atoms with Gasteiger partial charge < -0.3 is 18.8 Å². The number of amides is 1. The molecule has 0 bridgehead atoms. The highest BCUT2D eigenvalue weighted by Gasteiger charge is 2.31. The highest BCUT2D eigenvalue weighted by Crippen LogP contribution is 2.25. The summed E-state index contributed by atoms with van der Waals surface area (Å²) in [6.07, 6.45) is 5.11. The molecule has 0 spiro atoms. The van der Waals surface area contributed by atoms with E-state index in [0.29, 0.717) is 24.9 Å². The molecule has 0 aromatic carbocycles. The number of carbonyl (C=O) groups is 1. The zero-order chi connectivity index (χ0) is 14.7. The van der Waals surface area contributed by atoms with Crippen LogP contribution in [0.1, 0.15) is 24.4 Å². The summed E-state index contributed by atoms with van der Waals surface area (Å²) in [6, 6.07) is 3.75. The van der Waals surface area contributed by atoms with Gasteiger partial charge in [-0.3, -0.25) is 4.79 Å². The Bertz CT molecular complexity index is 508. The van der Waals surface area contributed by atoms with Crippen LogP contribution >= 0.6 is 0 Å². The van der Waals surface area contributed by atoms with E-state index in [1.165, 1.54) is 0 Å². The minimum absolute atomic E-state index is 0.0377. The van der Waals surface area contributed by atoms with Gasteiger partial charge in [0.05, 0.1) is 13.2 Å². The number of furan rings is 1. The molecule has 0 aliphatic carbocycles. The van der Waals surface area contributed by atoms with Crippen LogP contribution in [0.3, 0.4) is 0 Å². The molecule has 1 amide bonds. The maximum Gasteiger partial charge on any atom is 0.246 e. The van der Waals surface area contributed by atoms with Gasteiger partial charge in [0.25, 0.3) is 0 Å². The van der Waals surface area contributed by atoms with E-state index >= 15 is 0 Å². The largest absolute Gasteiger partial charge is 0.462 e. The van der Waals surface area contributed by atoms with Gasteiger partial charge >= 0.3 is 0 Å². The third-order valence-electron chi connectivity index (χ3n) is 4.04. The number of carbonyl (C=O) groups excluding carboxylic acids is 1. The SMILES string of the molecule is Cc1ccc(/C=C/C(=O)N2CCC(C3OCCO3)CC2)o1. The first-order valence-corrected chi connectivity index (χ1v) is 7.49. The van der Waals surface area contributed by atoms with E-state index < -0.39 is 0 Å². The fraction of sp³-hybridized carbons (Fsp3) is 0.562. The molecule has 1 aromatic heterocycles. The zero-order valence-electron chi connectivity index (χ0n) is 12.3. The monoisotopic (exact) mass is 291 g/mol. The molecule has 0 atom stereocenters. The highest BCUT2D eigenvalue weighted by atomic mass is 16.7. The maximum absolute atomic E-state index is 12.1. The van der Waals surface area contributed by atoms with Crippen molar-refractivity contribution in [2.45, 2.75) is 26.1 Å². The Hall–Kier alpha value is -1.59. The molecule has 2 saturated heterocycles. The number of rotatable bonds is 3. The molecule has 2 aliphatic rings. The second-order valence-corrected chi connectivity index (χ2v) is 5.55. The van der Waals surface area contributed by atoms with E-state index in [2.05, 4.69) is 0 Å². The molecule has 1 aromatic rings. The standard InChI is InChI=1S/C16H21NO4/c1-12-2-3-14(21-12)4-5-15(18)17-8-6-13(7-9-17)16-19-10-11-20-16/h2-5,13,16H,6-11H2,1H3/b5-4+. The van der Waals surface area contributed by atoms with Gasteiger partial charge in [-0.25, -0.2) is 0 Å². The first-order chi connectivity index (χ1) is 10.2. The molecule has 5 nitrogen and oxygen atoms in total. The Balaban J connectivity index is 1.49. The molecule has 3 rings (SSSR count). The van der Waals surface area contributed by atoms with Crippen LogP contribution in [0.4, 0.5) is 0 Å². The highest BCUT2D eigenvalue weighted by molar-refractivity contribution is 5.91. The van der Waals surface area contributed by atoms with Gasteiger partial charge in [-0.2, -0.15) is 0 Å². The molecule has 0 saturated carbocycles. The van der Waals surface area contributed by atoms with Crippen molar-refractivity contribution < 1.29 is 18.7 Å². The van der Waals surface area contributed by atoms with Crippen LogP contribution in [0.15, 0.2) is 22.6 Å². The summed E-state index contributed by atoms with van der Waals surface area (Å²) in [7, 11) is 0. The molecular weight excluding hydrogens is 270 g/mol. The van der Waals surface area contributed by atoms with Crippen LogP contribution in [-0.4, -0.2) is 43.4 Å². The van der Waals surface area contributed by atoms with Gasteiger partial charge in [0.15, 0.2) is 6.29 Å². The van der Waals surface area contributed by atoms with E-state index in [1.807, 2.05) is 24.0 Å². The Morgan fingerprint density at radius 1 is 1.24 bits per heavy atom. The molecule has 114 valence electrons. The first kappa shape index (κ1) is 14.4. The van der Waals surface area contributed by atoms with Crippen molar-refractivity contribution in [1.82, 2.24) is 4.90 Å². The van der Waals surface area contributed by atoms with E-state index in [9.17, 15) is 4.79 Å². The lowest BCUT2D eigenvalue weighted by molar-refractivity contribution is -0.131. The van der Waals surface area contributed by atoms with Crippen LogP contribution < -0.4 is 0 Å². The van der Waals surface area contributed by atoms with E-state index in [-0.39, 0.29) is 12.2 Å². The Labute approximate surface area is 124 Å². The molecule has 3 heterocycles. The van der Waals surface area contributed by atoms with Gasteiger partial charge in [0.1, 0.15) is 11.5 Å². The summed E-state index contributed by atoms with van der Waals surface area (Å²) >= 11 is 0. The summed E-state index contributed by atoms with van der Waals surface area (Å²) in [5, 5.41) is 0. The van der Waals surface area contributed by atoms with Crippen molar-refractivity contribution in [2.24, 2.45) is 5.92 Å². The number of aryl methyl sites for hydroxylation is 1. The molecule has 2 aliphatic heterocycles. The molecule has 0 unspecified atom stereocenters. The van der Waals surface area contributed by atoms with Gasteiger partial charge in [-0.15, -0.1) is 0 Å². The smallest absolute Gasteiger partial charge is 0.246 e. The predicted molar refractivity (Wildman–Crippen MR) is 77.5 cm³/mol. The van der Waals surface area contributed by atoms with Crippen LogP contribution in [0.5, 0.6) is 0 Å². The van der Waals surface area contributed by atoms with E-state index in [4.69, 9.17) is 13.9 Å². The van der Waals surface area contributed by atoms with Crippen LogP contribution in [0.2, 0.25) is 0 Å². The fourth-order valence-electron chi connectivity index (χ4n) is 2.84. The number of hydrogen-bond donors (Lipinski definition) is 0. The van der Waals surface area contributed by atoms with E-state index in [0.717, 1.165) is 31.7 Å². The van der Waals surface area contributed by atoms with Crippen molar-refractivity contribution >= 4 is 12.0 Å². The molecular formula is C16H21NO4. The first-order valence-electron chi connectivity index (χ1n) is 7.49. The van der Waals surface area contributed by atoms with Gasteiger partial charge in [0.2, 0.25) is 5.91 Å². The second-order valence-electron chi connectivity index (χ2n) is 5.55. The van der Waals surface area contributed by atoms with Crippen LogP contribution in [0, 0.1) is 12.8 Å². The second kappa shape index (κ2) is 6.45. The summed E-state index contributed by atoms with van der Waals surface area (Å²) in [5.74, 6) is 2.01. The summed E-state index contributed by atoms with van der Waals surface area (Å²) in [6.45, 7) is 4.78. The number of hydrogen-bond acceptors (Lipinski definition) is 4. The van der Waals surface area contributed by atoms with Gasteiger partial charge in [-0.05, 0) is 38.0 Å². The van der Waals surface area contributed by atoms with Crippen LogP contribution in [0.25, 0.3) is 6.08 Å². The lowest BCUT2D eigenvalue weighted by Crippen LogP contribution is -2.40. The van der Waals surface area contributed by atoms with Crippen molar-refractivity contribution in [2.75, 3.05) is 26.3 Å².